The van der Waals surface area contributed by atoms with Crippen LogP contribution in [0.4, 0.5) is 13.2 Å². The normalized spacial score (nSPS) is 16.3. The number of hydrogen-bond acceptors (Lipinski definition) is 2. The van der Waals surface area contributed by atoms with Gasteiger partial charge in [-0.3, -0.25) is 0 Å². The van der Waals surface area contributed by atoms with Crippen molar-refractivity contribution < 1.29 is 13.2 Å². The molecule has 1 fully saturated rings. The van der Waals surface area contributed by atoms with Crippen molar-refractivity contribution in [2.24, 2.45) is 11.3 Å². The van der Waals surface area contributed by atoms with Crippen LogP contribution in [0.2, 0.25) is 0 Å². The van der Waals surface area contributed by atoms with Gasteiger partial charge in [0.25, 0.3) is 0 Å². The Hall–Kier alpha value is -1.10. The van der Waals surface area contributed by atoms with Crippen molar-refractivity contribution in [3.8, 4) is 0 Å². The van der Waals surface area contributed by atoms with Crippen molar-refractivity contribution in [1.82, 2.24) is 4.90 Å². The van der Waals surface area contributed by atoms with Gasteiger partial charge in [0.1, 0.15) is 0 Å². The molecule has 1 aliphatic heterocycles. The van der Waals surface area contributed by atoms with E-state index < -0.39 is 11.7 Å². The molecule has 1 aromatic carbocycles. The molecule has 1 heterocycles. The van der Waals surface area contributed by atoms with Gasteiger partial charge in [-0.25, -0.2) is 0 Å². The molecule has 5 heteroatoms. The zero-order valence-corrected chi connectivity index (χ0v) is 19.2. The molecule has 0 bridgehead atoms. The maximum atomic E-state index is 13.2. The predicted molar refractivity (Wildman–Crippen MR) is 118 cm³/mol. The zero-order valence-electron chi connectivity index (χ0n) is 18.4. The van der Waals surface area contributed by atoms with Gasteiger partial charge in [0, 0.05) is 23.7 Å². The number of aryl methyl sites for hydroxylation is 1. The quantitative estimate of drug-likeness (QED) is 0.307. The standard InChI is InChI=1S/C24H36F3NS/c1-18(17-23(2,3)4)28-14-12-19(13-15-28)8-6-7-9-20-10-11-22(29-5)21(16-20)24(25,26)27/h10-11,16,19H,1,6-9,12-15,17H2,2-5H3. The van der Waals surface area contributed by atoms with E-state index in [2.05, 4.69) is 32.3 Å². The summed E-state index contributed by atoms with van der Waals surface area (Å²) in [5.74, 6) is 0.735. The number of rotatable bonds is 8. The molecular weight excluding hydrogens is 391 g/mol. The van der Waals surface area contributed by atoms with Crippen LogP contribution in [0, 0.1) is 11.3 Å². The van der Waals surface area contributed by atoms with Gasteiger partial charge in [-0.05, 0) is 67.4 Å². The van der Waals surface area contributed by atoms with Gasteiger partial charge in [-0.15, -0.1) is 11.8 Å². The SMILES string of the molecule is C=C(CC(C)(C)C)N1CCC(CCCCc2ccc(SC)c(C(F)(F)F)c2)CC1. The van der Waals surface area contributed by atoms with E-state index >= 15 is 0 Å². The van der Waals surface area contributed by atoms with E-state index in [9.17, 15) is 13.2 Å². The highest BCUT2D eigenvalue weighted by Gasteiger charge is 2.33. The summed E-state index contributed by atoms with van der Waals surface area (Å²) in [6.07, 6.45) is 4.77. The van der Waals surface area contributed by atoms with Gasteiger partial charge in [-0.1, -0.05) is 46.3 Å². The molecule has 0 spiro atoms. The van der Waals surface area contributed by atoms with Crippen LogP contribution in [0.25, 0.3) is 0 Å². The molecule has 0 aromatic heterocycles. The highest BCUT2D eigenvalue weighted by molar-refractivity contribution is 7.98. The summed E-state index contributed by atoms with van der Waals surface area (Å²) in [6, 6.07) is 4.80. The average molecular weight is 428 g/mol. The Balaban J connectivity index is 1.73. The van der Waals surface area contributed by atoms with Crippen molar-refractivity contribution in [3.63, 3.8) is 0 Å². The van der Waals surface area contributed by atoms with Gasteiger partial charge in [0.15, 0.2) is 0 Å². The summed E-state index contributed by atoms with van der Waals surface area (Å²) in [7, 11) is 0. The van der Waals surface area contributed by atoms with Crippen molar-refractivity contribution in [3.05, 3.63) is 41.6 Å². The van der Waals surface area contributed by atoms with Gasteiger partial charge in [-0.2, -0.15) is 13.2 Å². The van der Waals surface area contributed by atoms with E-state index in [-0.39, 0.29) is 5.41 Å². The topological polar surface area (TPSA) is 3.24 Å². The molecular formula is C24H36F3NS. The minimum Gasteiger partial charge on any atom is -0.375 e. The summed E-state index contributed by atoms with van der Waals surface area (Å²) in [6.45, 7) is 13.2. The maximum absolute atomic E-state index is 13.2. The van der Waals surface area contributed by atoms with Crippen LogP contribution in [0.1, 0.15) is 70.4 Å². The number of hydrogen-bond donors (Lipinski definition) is 0. The number of piperidine rings is 1. The Bertz CT molecular complexity index is 668. The molecule has 29 heavy (non-hydrogen) atoms. The van der Waals surface area contributed by atoms with Crippen molar-refractivity contribution >= 4 is 11.8 Å². The fraction of sp³-hybridized carbons (Fsp3) is 0.667. The second-order valence-electron chi connectivity index (χ2n) is 9.51. The zero-order chi connectivity index (χ0) is 21.7. The Morgan fingerprint density at radius 2 is 1.79 bits per heavy atom. The highest BCUT2D eigenvalue weighted by Crippen LogP contribution is 2.37. The van der Waals surface area contributed by atoms with Crippen molar-refractivity contribution in [1.29, 1.82) is 0 Å². The lowest BCUT2D eigenvalue weighted by Gasteiger charge is -2.36. The molecule has 1 saturated heterocycles. The number of halogens is 3. The molecule has 1 nitrogen and oxygen atoms in total. The average Bonchev–Trinajstić information content (AvgIpc) is 2.63. The Morgan fingerprint density at radius 3 is 2.34 bits per heavy atom. The molecule has 0 atom stereocenters. The minimum absolute atomic E-state index is 0.272. The first-order chi connectivity index (χ1) is 13.5. The molecule has 0 saturated carbocycles. The lowest BCUT2D eigenvalue weighted by molar-refractivity contribution is -0.139. The van der Waals surface area contributed by atoms with E-state index in [0.717, 1.165) is 62.0 Å². The number of benzene rings is 1. The van der Waals surface area contributed by atoms with Gasteiger partial charge in [0.05, 0.1) is 5.56 Å². The Kier molecular flexibility index (Phi) is 8.57. The van der Waals surface area contributed by atoms with Crippen LogP contribution < -0.4 is 0 Å². The lowest BCUT2D eigenvalue weighted by Crippen LogP contribution is -2.34. The van der Waals surface area contributed by atoms with Crippen molar-refractivity contribution in [2.75, 3.05) is 19.3 Å². The summed E-state index contributed by atoms with van der Waals surface area (Å²) in [5, 5.41) is 0. The first-order valence-electron chi connectivity index (χ1n) is 10.7. The molecule has 2 rings (SSSR count). The molecule has 1 aromatic rings. The molecule has 0 radical (unpaired) electrons. The molecule has 0 N–H and O–H groups in total. The van der Waals surface area contributed by atoms with Gasteiger partial charge in [0.2, 0.25) is 0 Å². The number of likely N-dealkylation sites (tertiary alicyclic amines) is 1. The number of nitrogens with zero attached hydrogens (tertiary/aromatic N) is 1. The largest absolute Gasteiger partial charge is 0.417 e. The molecule has 164 valence electrons. The molecule has 1 aliphatic rings. The molecule has 0 unspecified atom stereocenters. The van der Waals surface area contributed by atoms with Gasteiger partial charge < -0.3 is 4.90 Å². The monoisotopic (exact) mass is 427 g/mol. The second kappa shape index (κ2) is 10.3. The molecule has 0 amide bonds. The maximum Gasteiger partial charge on any atom is 0.417 e. The number of unbranched alkanes of at least 4 members (excludes halogenated alkanes) is 1. The van der Waals surface area contributed by atoms with E-state index in [0.29, 0.717) is 4.90 Å². The fourth-order valence-corrected chi connectivity index (χ4v) is 4.75. The lowest BCUT2D eigenvalue weighted by atomic mass is 9.88. The minimum atomic E-state index is -4.28. The number of allylic oxidation sites excluding steroid dienone is 1. The van der Waals surface area contributed by atoms with E-state index in [4.69, 9.17) is 0 Å². The van der Waals surface area contributed by atoms with Crippen LogP contribution >= 0.6 is 11.8 Å². The van der Waals surface area contributed by atoms with Crippen molar-refractivity contribution in [2.45, 2.75) is 76.8 Å². The predicted octanol–water partition coefficient (Wildman–Crippen LogP) is 7.80. The van der Waals surface area contributed by atoms with Gasteiger partial charge >= 0.3 is 6.18 Å². The van der Waals surface area contributed by atoms with E-state index in [1.54, 1.807) is 12.3 Å². The van der Waals surface area contributed by atoms with Crippen LogP contribution in [-0.2, 0) is 12.6 Å². The third-order valence-electron chi connectivity index (χ3n) is 5.69. The first-order valence-corrected chi connectivity index (χ1v) is 11.9. The van der Waals surface area contributed by atoms with Crippen LogP contribution in [0.15, 0.2) is 35.4 Å². The smallest absolute Gasteiger partial charge is 0.375 e. The fourth-order valence-electron chi connectivity index (χ4n) is 4.16. The van der Waals surface area contributed by atoms with Crippen LogP contribution in [-0.4, -0.2) is 24.2 Å². The first kappa shape index (κ1) is 24.2. The summed E-state index contributed by atoms with van der Waals surface area (Å²) >= 11 is 1.15. The summed E-state index contributed by atoms with van der Waals surface area (Å²) in [5.41, 5.74) is 1.83. The summed E-state index contributed by atoms with van der Waals surface area (Å²) in [4.78, 5) is 2.74. The summed E-state index contributed by atoms with van der Waals surface area (Å²) < 4.78 is 39.6. The Labute approximate surface area is 179 Å². The van der Waals surface area contributed by atoms with Crippen LogP contribution in [0.5, 0.6) is 0 Å². The number of thioether (sulfide) groups is 1. The number of alkyl halides is 3. The van der Waals surface area contributed by atoms with Crippen LogP contribution in [0.3, 0.4) is 0 Å². The third-order valence-corrected chi connectivity index (χ3v) is 6.49. The Morgan fingerprint density at radius 1 is 1.14 bits per heavy atom. The van der Waals surface area contributed by atoms with E-state index in [1.165, 1.54) is 31.0 Å². The molecule has 0 aliphatic carbocycles. The second-order valence-corrected chi connectivity index (χ2v) is 10.4. The third kappa shape index (κ3) is 7.92. The highest BCUT2D eigenvalue weighted by atomic mass is 32.2. The van der Waals surface area contributed by atoms with E-state index in [1.807, 2.05) is 6.07 Å².